The molecule has 1 aliphatic carbocycles. The molecule has 2 unspecified atom stereocenters. The number of furan rings is 1. The maximum atomic E-state index is 12.8. The Balaban J connectivity index is 1.36. The minimum absolute atomic E-state index is 0.00270. The first kappa shape index (κ1) is 20.2. The van der Waals surface area contributed by atoms with Crippen molar-refractivity contribution in [1.29, 1.82) is 0 Å². The third-order valence-corrected chi connectivity index (χ3v) is 6.06. The summed E-state index contributed by atoms with van der Waals surface area (Å²) in [7, 11) is 0. The van der Waals surface area contributed by atoms with Crippen LogP contribution in [0.1, 0.15) is 61.1 Å². The Morgan fingerprint density at radius 1 is 1.21 bits per heavy atom. The summed E-state index contributed by atoms with van der Waals surface area (Å²) in [5, 5.41) is 3.19. The summed E-state index contributed by atoms with van der Waals surface area (Å²) >= 11 is 0. The number of aryl methyl sites for hydroxylation is 2. The lowest BCUT2D eigenvalue weighted by molar-refractivity contribution is -0.123. The largest absolute Gasteiger partial charge is 0.468 e. The average molecular weight is 397 g/mol. The van der Waals surface area contributed by atoms with E-state index in [2.05, 4.69) is 35.3 Å². The summed E-state index contributed by atoms with van der Waals surface area (Å²) in [6, 6.07) is 10.5. The van der Waals surface area contributed by atoms with Crippen LogP contribution in [0.25, 0.3) is 0 Å². The van der Waals surface area contributed by atoms with Gasteiger partial charge in [0, 0.05) is 13.2 Å². The number of hydrogen-bond acceptors (Lipinski definition) is 4. The molecule has 2 aliphatic rings. The van der Waals surface area contributed by atoms with Crippen LogP contribution in [0.15, 0.2) is 41.0 Å². The van der Waals surface area contributed by atoms with Crippen LogP contribution < -0.4 is 5.32 Å². The number of carbonyl (C=O) groups excluding carboxylic acids is 1. The molecule has 29 heavy (non-hydrogen) atoms. The maximum absolute atomic E-state index is 12.8. The molecule has 1 aromatic heterocycles. The molecule has 0 radical (unpaired) electrons. The van der Waals surface area contributed by atoms with Gasteiger partial charge in [0.05, 0.1) is 31.5 Å². The SMILES string of the molecule is CC(NC(=O)CN(Cc1ccco1)CC1CCCO1)c1ccc2c(c1)CCCC2. The molecule has 5 heteroatoms. The quantitative estimate of drug-likeness (QED) is 0.732. The van der Waals surface area contributed by atoms with Crippen LogP contribution in [0, 0.1) is 0 Å². The molecule has 2 aromatic rings. The summed E-state index contributed by atoms with van der Waals surface area (Å²) in [5.74, 6) is 0.915. The second-order valence-electron chi connectivity index (χ2n) is 8.41. The van der Waals surface area contributed by atoms with Gasteiger partial charge in [-0.2, -0.15) is 0 Å². The zero-order chi connectivity index (χ0) is 20.1. The van der Waals surface area contributed by atoms with Crippen molar-refractivity contribution in [2.45, 2.75) is 64.1 Å². The minimum atomic E-state index is 0.00270. The number of rotatable bonds is 8. The molecule has 156 valence electrons. The highest BCUT2D eigenvalue weighted by molar-refractivity contribution is 5.78. The summed E-state index contributed by atoms with van der Waals surface area (Å²) < 4.78 is 11.3. The lowest BCUT2D eigenvalue weighted by Gasteiger charge is -2.25. The molecule has 0 spiro atoms. The van der Waals surface area contributed by atoms with Gasteiger partial charge in [-0.05, 0) is 74.3 Å². The number of nitrogens with one attached hydrogen (secondary N) is 1. The molecule has 0 saturated carbocycles. The van der Waals surface area contributed by atoms with Crippen molar-refractivity contribution in [2.75, 3.05) is 19.7 Å². The smallest absolute Gasteiger partial charge is 0.234 e. The van der Waals surface area contributed by atoms with Crippen LogP contribution in [0.4, 0.5) is 0 Å². The van der Waals surface area contributed by atoms with Crippen molar-refractivity contribution in [2.24, 2.45) is 0 Å². The fourth-order valence-electron chi connectivity index (χ4n) is 4.48. The normalized spacial score (nSPS) is 19.9. The molecule has 2 atom stereocenters. The Labute approximate surface area is 173 Å². The summed E-state index contributed by atoms with van der Waals surface area (Å²) in [5.41, 5.74) is 4.11. The standard InChI is InChI=1S/C24H32N2O3/c1-18(20-11-10-19-6-2-3-7-21(19)14-20)25-24(27)17-26(15-22-8-4-12-28-22)16-23-9-5-13-29-23/h4,8,10-12,14,18,23H,2-3,5-7,9,13,15-17H2,1H3,(H,25,27). The summed E-state index contributed by atoms with van der Waals surface area (Å²) in [6.45, 7) is 4.60. The number of hydrogen-bond donors (Lipinski definition) is 1. The maximum Gasteiger partial charge on any atom is 0.234 e. The van der Waals surface area contributed by atoms with Gasteiger partial charge in [-0.3, -0.25) is 9.69 Å². The second-order valence-corrected chi connectivity index (χ2v) is 8.41. The van der Waals surface area contributed by atoms with E-state index in [1.807, 2.05) is 12.1 Å². The monoisotopic (exact) mass is 396 g/mol. The van der Waals surface area contributed by atoms with Gasteiger partial charge < -0.3 is 14.5 Å². The van der Waals surface area contributed by atoms with Gasteiger partial charge >= 0.3 is 0 Å². The Morgan fingerprint density at radius 3 is 2.83 bits per heavy atom. The Hall–Kier alpha value is -2.11. The molecule has 1 aliphatic heterocycles. The van der Waals surface area contributed by atoms with E-state index in [0.29, 0.717) is 13.1 Å². The number of ether oxygens (including phenoxy) is 1. The van der Waals surface area contributed by atoms with E-state index >= 15 is 0 Å². The van der Waals surface area contributed by atoms with Gasteiger partial charge in [0.25, 0.3) is 0 Å². The van der Waals surface area contributed by atoms with Gasteiger partial charge in [0.15, 0.2) is 0 Å². The Bertz CT molecular complexity index is 796. The molecule has 0 bridgehead atoms. The number of benzene rings is 1. The average Bonchev–Trinajstić information content (AvgIpc) is 3.41. The molecule has 1 N–H and O–H groups in total. The third-order valence-electron chi connectivity index (χ3n) is 6.06. The molecule has 1 aromatic carbocycles. The van der Waals surface area contributed by atoms with Crippen molar-refractivity contribution in [3.63, 3.8) is 0 Å². The van der Waals surface area contributed by atoms with Crippen molar-refractivity contribution >= 4 is 5.91 Å². The first-order valence-electron chi connectivity index (χ1n) is 10.9. The topological polar surface area (TPSA) is 54.7 Å². The first-order chi connectivity index (χ1) is 14.2. The second kappa shape index (κ2) is 9.59. The van der Waals surface area contributed by atoms with Crippen LogP contribution in [0.3, 0.4) is 0 Å². The molecule has 4 rings (SSSR count). The van der Waals surface area contributed by atoms with Gasteiger partial charge in [-0.15, -0.1) is 0 Å². The number of fused-ring (bicyclic) bond motifs is 1. The molecule has 5 nitrogen and oxygen atoms in total. The van der Waals surface area contributed by atoms with E-state index in [0.717, 1.165) is 38.2 Å². The van der Waals surface area contributed by atoms with Crippen LogP contribution in [-0.2, 0) is 28.9 Å². The number of carbonyl (C=O) groups is 1. The summed E-state index contributed by atoms with van der Waals surface area (Å²) in [6.07, 6.45) is 8.93. The number of amides is 1. The highest BCUT2D eigenvalue weighted by Gasteiger charge is 2.22. The fourth-order valence-corrected chi connectivity index (χ4v) is 4.48. The van der Waals surface area contributed by atoms with Crippen LogP contribution in [0.5, 0.6) is 0 Å². The van der Waals surface area contributed by atoms with Crippen LogP contribution >= 0.6 is 0 Å². The van der Waals surface area contributed by atoms with Crippen molar-refractivity contribution < 1.29 is 13.9 Å². The molecule has 1 fully saturated rings. The molecular formula is C24H32N2O3. The highest BCUT2D eigenvalue weighted by atomic mass is 16.5. The van der Waals surface area contributed by atoms with E-state index in [9.17, 15) is 4.79 Å². The van der Waals surface area contributed by atoms with Crippen LogP contribution in [0.2, 0.25) is 0 Å². The minimum Gasteiger partial charge on any atom is -0.468 e. The predicted octanol–water partition coefficient (Wildman–Crippen LogP) is 4.02. The zero-order valence-corrected chi connectivity index (χ0v) is 17.4. The van der Waals surface area contributed by atoms with E-state index < -0.39 is 0 Å². The first-order valence-corrected chi connectivity index (χ1v) is 10.9. The van der Waals surface area contributed by atoms with Gasteiger partial charge in [-0.25, -0.2) is 0 Å². The Morgan fingerprint density at radius 2 is 2.07 bits per heavy atom. The third kappa shape index (κ3) is 5.49. The molecular weight excluding hydrogens is 364 g/mol. The summed E-state index contributed by atoms with van der Waals surface area (Å²) in [4.78, 5) is 14.9. The van der Waals surface area contributed by atoms with E-state index in [1.54, 1.807) is 6.26 Å². The molecule has 1 saturated heterocycles. The molecule has 2 heterocycles. The molecule has 1 amide bonds. The van der Waals surface area contributed by atoms with Crippen molar-refractivity contribution in [3.8, 4) is 0 Å². The van der Waals surface area contributed by atoms with E-state index in [1.165, 1.54) is 36.0 Å². The van der Waals surface area contributed by atoms with Gasteiger partial charge in [0.2, 0.25) is 5.91 Å². The van der Waals surface area contributed by atoms with Gasteiger partial charge in [0.1, 0.15) is 5.76 Å². The van der Waals surface area contributed by atoms with Gasteiger partial charge in [-0.1, -0.05) is 18.2 Å². The Kier molecular flexibility index (Phi) is 6.67. The lowest BCUT2D eigenvalue weighted by atomic mass is 9.89. The van der Waals surface area contributed by atoms with Crippen molar-refractivity contribution in [1.82, 2.24) is 10.2 Å². The fraction of sp³-hybridized carbons (Fsp3) is 0.542. The van der Waals surface area contributed by atoms with E-state index in [-0.39, 0.29) is 18.1 Å². The number of nitrogens with zero attached hydrogens (tertiary/aromatic N) is 1. The lowest BCUT2D eigenvalue weighted by Crippen LogP contribution is -2.41. The van der Waals surface area contributed by atoms with Crippen LogP contribution in [-0.4, -0.2) is 36.6 Å². The van der Waals surface area contributed by atoms with Crippen molar-refractivity contribution in [3.05, 3.63) is 59.0 Å². The van der Waals surface area contributed by atoms with E-state index in [4.69, 9.17) is 9.15 Å². The zero-order valence-electron chi connectivity index (χ0n) is 17.4. The highest BCUT2D eigenvalue weighted by Crippen LogP contribution is 2.25. The predicted molar refractivity (Wildman–Crippen MR) is 113 cm³/mol.